The fraction of sp³-hybridized carbons (Fsp3) is 0. The zero-order valence-electron chi connectivity index (χ0n) is 4.35. The van der Waals surface area contributed by atoms with E-state index in [0.29, 0.717) is 0 Å². The molecule has 0 saturated heterocycles. The number of hydrogen-bond donors (Lipinski definition) is 0. The first-order valence-electron chi connectivity index (χ1n) is 2.35. The molecule has 0 N–H and O–H groups in total. The van der Waals surface area contributed by atoms with Crippen LogP contribution >= 0.6 is 11.5 Å². The van der Waals surface area contributed by atoms with Gasteiger partial charge in [0.2, 0.25) is 0 Å². The summed E-state index contributed by atoms with van der Waals surface area (Å²) in [7, 11) is 0. The minimum absolute atomic E-state index is 0.815. The lowest BCUT2D eigenvalue weighted by molar-refractivity contribution is 0.895. The minimum atomic E-state index is 0.815. The SMILES string of the molecule is c1snc2cnnnc12. The maximum absolute atomic E-state index is 4.00. The van der Waals surface area contributed by atoms with Crippen LogP contribution in [0.3, 0.4) is 0 Å². The smallest absolute Gasteiger partial charge is 0.127 e. The molecular formula is C4H2N4S. The molecule has 0 radical (unpaired) electrons. The molecule has 44 valence electrons. The lowest BCUT2D eigenvalue weighted by Crippen LogP contribution is -1.83. The van der Waals surface area contributed by atoms with Gasteiger partial charge < -0.3 is 0 Å². The molecule has 0 fully saturated rings. The Bertz CT molecular complexity index is 287. The van der Waals surface area contributed by atoms with Crippen LogP contribution in [0.4, 0.5) is 0 Å². The summed E-state index contributed by atoms with van der Waals surface area (Å²) in [6.45, 7) is 0. The normalized spacial score (nSPS) is 10.2. The van der Waals surface area contributed by atoms with Gasteiger partial charge in [-0.15, -0.1) is 10.2 Å². The fourth-order valence-electron chi connectivity index (χ4n) is 0.559. The van der Waals surface area contributed by atoms with Gasteiger partial charge in [0.25, 0.3) is 0 Å². The van der Waals surface area contributed by atoms with Crippen LogP contribution in [0.2, 0.25) is 0 Å². The molecule has 2 aromatic heterocycles. The average Bonchev–Trinajstić information content (AvgIpc) is 2.33. The zero-order chi connectivity index (χ0) is 6.10. The number of hydrogen-bond acceptors (Lipinski definition) is 5. The topological polar surface area (TPSA) is 51.6 Å². The summed E-state index contributed by atoms with van der Waals surface area (Å²) in [6, 6.07) is 0. The Balaban J connectivity index is 2.95. The predicted octanol–water partition coefficient (Wildman–Crippen LogP) is 0.481. The Morgan fingerprint density at radius 3 is 3.22 bits per heavy atom. The van der Waals surface area contributed by atoms with Crippen molar-refractivity contribution >= 4 is 22.6 Å². The highest BCUT2D eigenvalue weighted by Crippen LogP contribution is 2.07. The summed E-state index contributed by atoms with van der Waals surface area (Å²) in [5.41, 5.74) is 1.63. The lowest BCUT2D eigenvalue weighted by Gasteiger charge is -1.77. The van der Waals surface area contributed by atoms with Crippen molar-refractivity contribution in [1.29, 1.82) is 0 Å². The van der Waals surface area contributed by atoms with E-state index >= 15 is 0 Å². The summed E-state index contributed by atoms with van der Waals surface area (Å²) in [4.78, 5) is 0. The van der Waals surface area contributed by atoms with Gasteiger partial charge in [-0.1, -0.05) is 0 Å². The van der Waals surface area contributed by atoms with E-state index in [9.17, 15) is 0 Å². The van der Waals surface area contributed by atoms with Crippen molar-refractivity contribution in [3.05, 3.63) is 11.6 Å². The number of fused-ring (bicyclic) bond motifs is 1. The Kier molecular flexibility index (Phi) is 0.895. The summed E-state index contributed by atoms with van der Waals surface area (Å²) in [6.07, 6.45) is 1.60. The van der Waals surface area contributed by atoms with E-state index in [0.717, 1.165) is 11.0 Å². The third-order valence-corrected chi connectivity index (χ3v) is 1.59. The van der Waals surface area contributed by atoms with Gasteiger partial charge >= 0.3 is 0 Å². The molecule has 0 saturated carbocycles. The van der Waals surface area contributed by atoms with Crippen molar-refractivity contribution in [2.24, 2.45) is 0 Å². The van der Waals surface area contributed by atoms with E-state index in [4.69, 9.17) is 0 Å². The monoisotopic (exact) mass is 138 g/mol. The highest BCUT2D eigenvalue weighted by atomic mass is 32.1. The number of aromatic nitrogens is 4. The van der Waals surface area contributed by atoms with E-state index in [1.165, 1.54) is 11.5 Å². The molecule has 0 aliphatic carbocycles. The van der Waals surface area contributed by atoms with Gasteiger partial charge in [0.1, 0.15) is 11.0 Å². The van der Waals surface area contributed by atoms with Gasteiger partial charge in [-0.2, -0.15) is 4.37 Å². The van der Waals surface area contributed by atoms with Crippen molar-refractivity contribution in [3.63, 3.8) is 0 Å². The predicted molar refractivity (Wildman–Crippen MR) is 33.0 cm³/mol. The van der Waals surface area contributed by atoms with Crippen molar-refractivity contribution in [1.82, 2.24) is 19.8 Å². The molecule has 4 nitrogen and oxygen atoms in total. The van der Waals surface area contributed by atoms with Gasteiger partial charge in [0, 0.05) is 5.38 Å². The van der Waals surface area contributed by atoms with Gasteiger partial charge in [-0.25, -0.2) is 0 Å². The summed E-state index contributed by atoms with van der Waals surface area (Å²) in [5, 5.41) is 12.6. The van der Waals surface area contributed by atoms with Crippen molar-refractivity contribution < 1.29 is 0 Å². The quantitative estimate of drug-likeness (QED) is 0.531. The van der Waals surface area contributed by atoms with Crippen LogP contribution in [0.5, 0.6) is 0 Å². The van der Waals surface area contributed by atoms with Crippen LogP contribution in [0, 0.1) is 0 Å². The Labute approximate surface area is 54.7 Å². The lowest BCUT2D eigenvalue weighted by atomic mass is 10.5. The second kappa shape index (κ2) is 1.70. The molecule has 2 aromatic rings. The number of nitrogens with zero attached hydrogens (tertiary/aromatic N) is 4. The molecule has 0 unspecified atom stereocenters. The largest absolute Gasteiger partial charge is 0.189 e. The first-order chi connectivity index (χ1) is 4.47. The third kappa shape index (κ3) is 0.655. The summed E-state index contributed by atoms with van der Waals surface area (Å²) < 4.78 is 4.00. The van der Waals surface area contributed by atoms with Gasteiger partial charge in [-0.3, -0.25) is 0 Å². The molecule has 0 aromatic carbocycles. The molecule has 9 heavy (non-hydrogen) atoms. The highest BCUT2D eigenvalue weighted by Gasteiger charge is 1.93. The second-order valence-corrected chi connectivity index (χ2v) is 2.15. The van der Waals surface area contributed by atoms with Crippen LogP contribution in [0.1, 0.15) is 0 Å². The molecular weight excluding hydrogens is 136 g/mol. The fourth-order valence-corrected chi connectivity index (χ4v) is 1.13. The van der Waals surface area contributed by atoms with E-state index in [1.807, 2.05) is 5.38 Å². The van der Waals surface area contributed by atoms with Crippen LogP contribution in [-0.2, 0) is 0 Å². The third-order valence-electron chi connectivity index (χ3n) is 0.962. The first kappa shape index (κ1) is 4.75. The zero-order valence-corrected chi connectivity index (χ0v) is 5.17. The van der Waals surface area contributed by atoms with Crippen molar-refractivity contribution in [3.8, 4) is 0 Å². The molecule has 0 aliphatic heterocycles. The molecule has 0 atom stereocenters. The highest BCUT2D eigenvalue weighted by molar-refractivity contribution is 7.04. The molecule has 2 heterocycles. The second-order valence-electron chi connectivity index (χ2n) is 1.52. The number of rotatable bonds is 0. The minimum Gasteiger partial charge on any atom is -0.189 e. The van der Waals surface area contributed by atoms with Crippen LogP contribution < -0.4 is 0 Å². The summed E-state index contributed by atoms with van der Waals surface area (Å²) in [5.74, 6) is 0. The van der Waals surface area contributed by atoms with Crippen LogP contribution in [0.15, 0.2) is 11.6 Å². The molecule has 5 heteroatoms. The van der Waals surface area contributed by atoms with E-state index in [1.54, 1.807) is 6.20 Å². The Morgan fingerprint density at radius 1 is 1.33 bits per heavy atom. The van der Waals surface area contributed by atoms with E-state index in [-0.39, 0.29) is 0 Å². The van der Waals surface area contributed by atoms with E-state index < -0.39 is 0 Å². The van der Waals surface area contributed by atoms with Gasteiger partial charge in [-0.05, 0) is 16.7 Å². The standard InChI is InChI=1S/C4H2N4S/c1-3-4(2-9-7-3)6-8-5-1/h1-2H. The first-order valence-corrected chi connectivity index (χ1v) is 3.19. The van der Waals surface area contributed by atoms with Gasteiger partial charge in [0.05, 0.1) is 6.20 Å². The molecule has 0 amide bonds. The Morgan fingerprint density at radius 2 is 2.33 bits per heavy atom. The molecule has 0 bridgehead atoms. The molecule has 2 rings (SSSR count). The Hall–Kier alpha value is -1.10. The average molecular weight is 138 g/mol. The maximum Gasteiger partial charge on any atom is 0.127 e. The van der Waals surface area contributed by atoms with Crippen molar-refractivity contribution in [2.75, 3.05) is 0 Å². The van der Waals surface area contributed by atoms with Crippen LogP contribution in [-0.4, -0.2) is 19.8 Å². The van der Waals surface area contributed by atoms with E-state index in [2.05, 4.69) is 19.8 Å². The van der Waals surface area contributed by atoms with Gasteiger partial charge in [0.15, 0.2) is 0 Å². The summed E-state index contributed by atoms with van der Waals surface area (Å²) >= 11 is 1.36. The maximum atomic E-state index is 4.00. The molecule has 0 aliphatic rings. The van der Waals surface area contributed by atoms with Crippen molar-refractivity contribution in [2.45, 2.75) is 0 Å². The molecule has 0 spiro atoms. The van der Waals surface area contributed by atoms with Crippen LogP contribution in [0.25, 0.3) is 11.0 Å².